The molecule has 8 rings (SSSR count). The molecule has 3 aliphatic rings. The van der Waals surface area contributed by atoms with Crippen molar-refractivity contribution in [3.8, 4) is 22.4 Å². The molecule has 16 heteroatoms. The molecule has 328 valence electrons. The first kappa shape index (κ1) is 43.0. The molecule has 8 atom stereocenters. The lowest BCUT2D eigenvalue weighted by atomic mass is 9.99. The van der Waals surface area contributed by atoms with Crippen molar-refractivity contribution in [3.63, 3.8) is 0 Å². The number of nitrogens with zero attached hydrogens (tertiary/aromatic N) is 4. The number of ether oxygens (including phenoxy) is 2. The van der Waals surface area contributed by atoms with Crippen molar-refractivity contribution in [1.82, 2.24) is 40.4 Å². The molecule has 2 saturated carbocycles. The zero-order valence-electron chi connectivity index (χ0n) is 36.4. The Morgan fingerprint density at radius 2 is 1.52 bits per heavy atom. The summed E-state index contributed by atoms with van der Waals surface area (Å²) < 4.78 is 25.7. The van der Waals surface area contributed by atoms with Gasteiger partial charge in [-0.25, -0.2) is 23.9 Å². The Morgan fingerprint density at radius 1 is 0.871 bits per heavy atom. The number of alkyl carbamates (subject to hydrolysis) is 2. The smallest absolute Gasteiger partial charge is 0.407 e. The lowest BCUT2D eigenvalue weighted by Crippen LogP contribution is -2.52. The van der Waals surface area contributed by atoms with E-state index in [4.69, 9.17) is 31.0 Å². The van der Waals surface area contributed by atoms with Crippen LogP contribution >= 0.6 is 11.6 Å². The van der Waals surface area contributed by atoms with Gasteiger partial charge in [0.15, 0.2) is 0 Å². The van der Waals surface area contributed by atoms with Crippen molar-refractivity contribution in [2.24, 2.45) is 35.5 Å². The van der Waals surface area contributed by atoms with Gasteiger partial charge in [0.25, 0.3) is 0 Å². The van der Waals surface area contributed by atoms with Gasteiger partial charge in [0.2, 0.25) is 11.8 Å². The molecule has 5 aromatic rings. The van der Waals surface area contributed by atoms with Crippen LogP contribution in [0.25, 0.3) is 44.2 Å². The summed E-state index contributed by atoms with van der Waals surface area (Å²) in [6, 6.07) is 12.8. The van der Waals surface area contributed by atoms with Crippen LogP contribution in [0.4, 0.5) is 14.0 Å². The first-order valence-electron chi connectivity index (χ1n) is 21.3. The lowest BCUT2D eigenvalue weighted by Gasteiger charge is -2.32. The fraction of sp³-hybridized carbons (Fsp3) is 0.478. The maximum Gasteiger partial charge on any atom is 0.407 e. The fourth-order valence-corrected chi connectivity index (χ4v) is 9.83. The first-order chi connectivity index (χ1) is 29.5. The van der Waals surface area contributed by atoms with E-state index in [1.54, 1.807) is 6.07 Å². The topological polar surface area (TPSA) is 175 Å². The second kappa shape index (κ2) is 16.5. The van der Waals surface area contributed by atoms with Gasteiger partial charge >= 0.3 is 12.2 Å². The van der Waals surface area contributed by atoms with Crippen LogP contribution in [0, 0.1) is 41.3 Å². The number of amides is 4. The van der Waals surface area contributed by atoms with Gasteiger partial charge < -0.3 is 39.9 Å². The minimum absolute atomic E-state index is 0.00622. The van der Waals surface area contributed by atoms with Crippen molar-refractivity contribution < 1.29 is 33.0 Å². The van der Waals surface area contributed by atoms with Gasteiger partial charge in [-0.3, -0.25) is 9.59 Å². The number of fused-ring (bicyclic) bond motifs is 4. The molecule has 3 heterocycles. The first-order valence-corrected chi connectivity index (χ1v) is 21.7. The average Bonchev–Trinajstić information content (AvgIpc) is 3.72. The lowest BCUT2D eigenvalue weighted by molar-refractivity contribution is -0.137. The Labute approximate surface area is 364 Å². The number of hydrogen-bond acceptors (Lipinski definition) is 8. The average molecular weight is 869 g/mol. The molecule has 0 radical (unpaired) electrons. The molecule has 3 aromatic carbocycles. The number of H-pyrrole nitrogens is 2. The number of halogens is 2. The van der Waals surface area contributed by atoms with E-state index in [0.717, 1.165) is 27.4 Å². The summed E-state index contributed by atoms with van der Waals surface area (Å²) in [7, 11) is 2.54. The van der Waals surface area contributed by atoms with Gasteiger partial charge in [-0.2, -0.15) is 0 Å². The Bertz CT molecular complexity index is 2570. The zero-order valence-corrected chi connectivity index (χ0v) is 37.1. The molecule has 0 spiro atoms. The van der Waals surface area contributed by atoms with E-state index in [0.29, 0.717) is 41.4 Å². The van der Waals surface area contributed by atoms with E-state index in [-0.39, 0.29) is 64.6 Å². The minimum atomic E-state index is -0.792. The molecule has 14 nitrogen and oxygen atoms in total. The van der Waals surface area contributed by atoms with Gasteiger partial charge in [0.05, 0.1) is 37.8 Å². The molecule has 4 N–H and O–H groups in total. The number of methoxy groups -OCH3 is 2. The predicted molar refractivity (Wildman–Crippen MR) is 233 cm³/mol. The minimum Gasteiger partial charge on any atom is -0.453 e. The molecule has 2 aliphatic carbocycles. The molecule has 0 bridgehead atoms. The number of rotatable bonds is 12. The molecule has 2 aromatic heterocycles. The van der Waals surface area contributed by atoms with E-state index in [9.17, 15) is 19.2 Å². The molecule has 3 fully saturated rings. The fourth-order valence-electron chi connectivity index (χ4n) is 9.59. The van der Waals surface area contributed by atoms with Crippen LogP contribution in [0.1, 0.15) is 72.6 Å². The Morgan fingerprint density at radius 3 is 2.15 bits per heavy atom. The summed E-state index contributed by atoms with van der Waals surface area (Å²) in [5, 5.41) is 7.38. The Kier molecular flexibility index (Phi) is 11.5. The molecule has 8 unspecified atom stereocenters. The van der Waals surface area contributed by atoms with Crippen LogP contribution in [0.3, 0.4) is 0 Å². The normalized spacial score (nSPS) is 23.6. The molecule has 1 saturated heterocycles. The Balaban J connectivity index is 1.03. The monoisotopic (exact) mass is 868 g/mol. The van der Waals surface area contributed by atoms with Gasteiger partial charge in [-0.15, -0.1) is 0 Å². The van der Waals surface area contributed by atoms with Gasteiger partial charge in [-0.05, 0) is 82.7 Å². The number of carbonyl (C=O) groups excluding carboxylic acids is 4. The number of piperidine rings is 1. The van der Waals surface area contributed by atoms with Crippen LogP contribution in [0.5, 0.6) is 0 Å². The number of aromatic nitrogens is 4. The molecular weight excluding hydrogens is 815 g/mol. The number of likely N-dealkylation sites (tertiary alicyclic amines) is 1. The van der Waals surface area contributed by atoms with Crippen LogP contribution in [0.2, 0.25) is 5.15 Å². The van der Waals surface area contributed by atoms with E-state index in [2.05, 4.69) is 41.4 Å². The quantitative estimate of drug-likeness (QED) is 0.0971. The van der Waals surface area contributed by atoms with Crippen molar-refractivity contribution in [2.45, 2.75) is 91.6 Å². The summed E-state index contributed by atoms with van der Waals surface area (Å²) in [6.07, 6.45) is -0.659. The van der Waals surface area contributed by atoms with E-state index >= 15 is 4.39 Å². The summed E-state index contributed by atoms with van der Waals surface area (Å²) in [6.45, 7) is 14.1. The largest absolute Gasteiger partial charge is 0.453 e. The van der Waals surface area contributed by atoms with Gasteiger partial charge in [0, 0.05) is 23.0 Å². The van der Waals surface area contributed by atoms with Gasteiger partial charge in [-0.1, -0.05) is 84.3 Å². The number of nitrogens with one attached hydrogen (secondary N) is 4. The molecule has 4 amide bonds. The summed E-state index contributed by atoms with van der Waals surface area (Å²) in [5.74, 6) is 1.04. The number of aromatic amines is 2. The third-order valence-corrected chi connectivity index (χ3v) is 13.8. The maximum absolute atomic E-state index is 16.1. The van der Waals surface area contributed by atoms with Crippen LogP contribution in [-0.4, -0.2) is 92.1 Å². The van der Waals surface area contributed by atoms with Crippen molar-refractivity contribution in [3.05, 3.63) is 71.2 Å². The number of imidazole rings is 2. The number of benzene rings is 3. The predicted octanol–water partition coefficient (Wildman–Crippen LogP) is 8.22. The highest BCUT2D eigenvalue weighted by atomic mass is 35.5. The van der Waals surface area contributed by atoms with Crippen molar-refractivity contribution >= 4 is 57.4 Å². The van der Waals surface area contributed by atoms with Crippen molar-refractivity contribution in [2.75, 3.05) is 14.2 Å². The van der Waals surface area contributed by atoms with Crippen LogP contribution in [-0.2, 0) is 25.6 Å². The zero-order chi connectivity index (χ0) is 44.5. The molecular formula is C46H54ClFN8O6. The summed E-state index contributed by atoms with van der Waals surface area (Å²) in [4.78, 5) is 72.2. The second-order valence-corrected chi connectivity index (χ2v) is 18.3. The second-order valence-electron chi connectivity index (χ2n) is 18.0. The summed E-state index contributed by atoms with van der Waals surface area (Å²) in [5.41, 5.74) is 3.49. The number of hydrogen-bond donors (Lipinski definition) is 4. The highest BCUT2D eigenvalue weighted by Gasteiger charge is 2.61. The third-order valence-electron chi connectivity index (χ3n) is 13.5. The van der Waals surface area contributed by atoms with Gasteiger partial charge in [0.1, 0.15) is 40.4 Å². The van der Waals surface area contributed by atoms with Crippen LogP contribution < -0.4 is 10.6 Å². The van der Waals surface area contributed by atoms with Crippen LogP contribution in [0.15, 0.2) is 48.5 Å². The molecule has 62 heavy (non-hydrogen) atoms. The highest BCUT2D eigenvalue weighted by molar-refractivity contribution is 6.32. The van der Waals surface area contributed by atoms with E-state index in [1.807, 2.05) is 73.9 Å². The summed E-state index contributed by atoms with van der Waals surface area (Å²) >= 11 is 6.72. The van der Waals surface area contributed by atoms with E-state index < -0.39 is 36.1 Å². The third kappa shape index (κ3) is 7.73. The Hall–Kier alpha value is -5.70. The van der Waals surface area contributed by atoms with Crippen molar-refractivity contribution in [1.29, 1.82) is 0 Å². The maximum atomic E-state index is 16.1. The number of carbonyl (C=O) groups is 4. The van der Waals surface area contributed by atoms with E-state index in [1.165, 1.54) is 20.3 Å². The highest BCUT2D eigenvalue weighted by Crippen LogP contribution is 2.58. The standard InChI is InChI=1S/C46H54ClFN8O6/c1-20(2)35(52-45(59)61-8)43(57)55(39-22(5)23(39)6)19-34-49-32-15-12-27-16-25(10-13-28(27)37(32)50-34)26-11-14-29(31(48)17-26)38-41(47)54-42(51-38)33-18-30-24(7)40(30)56(33)44(58)36(21(3)4)53-46(60)62-9/h10-17,20-24,30,33,35-36,39-40H,18-19H2,1-9H3,(H,49,50)(H,51,54)(H,52,59)(H,53,60). The SMILES string of the molecule is COC(=O)NC(C(=O)N(Cc1nc2c(ccc3cc(-c4ccc(-c5nc(C6CC7C(C)C7N6C(=O)C(NC(=O)OC)C(C)C)[nH]c5Cl)c(F)c4)ccc32)[nH]1)C1C(C)C1C)C(C)C. The molecule has 1 aliphatic heterocycles.